The molecule has 0 aromatic heterocycles. The Labute approximate surface area is 102 Å². The summed E-state index contributed by atoms with van der Waals surface area (Å²) in [5.74, 6) is 0.961. The van der Waals surface area contributed by atoms with Gasteiger partial charge in [0.25, 0.3) is 0 Å². The van der Waals surface area contributed by atoms with Gasteiger partial charge in [0, 0.05) is 10.6 Å². The van der Waals surface area contributed by atoms with Crippen LogP contribution in [0.3, 0.4) is 0 Å². The Morgan fingerprint density at radius 1 is 1.25 bits per heavy atom. The Kier molecular flexibility index (Phi) is 4.08. The summed E-state index contributed by atoms with van der Waals surface area (Å²) in [6.45, 7) is 3.58. The van der Waals surface area contributed by atoms with Crippen molar-refractivity contribution in [3.63, 3.8) is 0 Å². The average molecular weight is 241 g/mol. The van der Waals surface area contributed by atoms with Gasteiger partial charge >= 0.3 is 0 Å². The van der Waals surface area contributed by atoms with Gasteiger partial charge in [0.05, 0.1) is 20.2 Å². The predicted molar refractivity (Wildman–Crippen MR) is 66.3 cm³/mol. The van der Waals surface area contributed by atoms with E-state index in [1.54, 1.807) is 12.0 Å². The second-order valence-electron chi connectivity index (χ2n) is 4.44. The molecule has 1 aromatic rings. The van der Waals surface area contributed by atoms with Crippen LogP contribution in [0.5, 0.6) is 5.75 Å². The van der Waals surface area contributed by atoms with Crippen molar-refractivity contribution in [2.75, 3.05) is 20.2 Å². The van der Waals surface area contributed by atoms with Crippen LogP contribution in [0.15, 0.2) is 18.2 Å². The number of ether oxygens (including phenoxy) is 1. The van der Waals surface area contributed by atoms with Gasteiger partial charge in [0.15, 0.2) is 0 Å². The third-order valence-corrected chi connectivity index (χ3v) is 3.48. The number of halogens is 1. The van der Waals surface area contributed by atoms with Crippen molar-refractivity contribution >= 4 is 11.6 Å². The van der Waals surface area contributed by atoms with Crippen LogP contribution in [-0.4, -0.2) is 20.2 Å². The van der Waals surface area contributed by atoms with E-state index in [1.807, 2.05) is 18.2 Å². The zero-order valence-corrected chi connectivity index (χ0v) is 10.5. The van der Waals surface area contributed by atoms with E-state index in [9.17, 15) is 0 Å². The van der Waals surface area contributed by atoms with Crippen LogP contribution in [0.1, 0.15) is 24.8 Å². The lowest BCUT2D eigenvalue weighted by Crippen LogP contribution is -3.11. The molecule has 0 unspecified atom stereocenters. The molecule has 0 atom stereocenters. The van der Waals surface area contributed by atoms with Crippen LogP contribution in [0.4, 0.5) is 0 Å². The number of piperidine rings is 1. The maximum Gasteiger partial charge on any atom is 0.127 e. The average Bonchev–Trinajstić information content (AvgIpc) is 2.31. The predicted octanol–water partition coefficient (Wildman–Crippen LogP) is 1.92. The van der Waals surface area contributed by atoms with Crippen molar-refractivity contribution in [2.24, 2.45) is 0 Å². The van der Waals surface area contributed by atoms with Gasteiger partial charge in [0.2, 0.25) is 0 Å². The largest absolute Gasteiger partial charge is 0.496 e. The van der Waals surface area contributed by atoms with Crippen LogP contribution in [0, 0.1) is 0 Å². The van der Waals surface area contributed by atoms with E-state index in [2.05, 4.69) is 0 Å². The third-order valence-electron chi connectivity index (χ3n) is 3.24. The number of rotatable bonds is 3. The highest BCUT2D eigenvalue weighted by Crippen LogP contribution is 2.21. The maximum absolute atomic E-state index is 6.03. The summed E-state index contributed by atoms with van der Waals surface area (Å²) < 4.78 is 5.37. The summed E-state index contributed by atoms with van der Waals surface area (Å²) in [5, 5.41) is 0.798. The van der Waals surface area contributed by atoms with Crippen molar-refractivity contribution < 1.29 is 9.64 Å². The Bertz CT molecular complexity index is 348. The second-order valence-corrected chi connectivity index (χ2v) is 4.88. The molecule has 0 bridgehead atoms. The van der Waals surface area contributed by atoms with Gasteiger partial charge in [-0.05, 0) is 37.5 Å². The molecule has 1 saturated heterocycles. The van der Waals surface area contributed by atoms with Crippen molar-refractivity contribution in [1.29, 1.82) is 0 Å². The van der Waals surface area contributed by atoms with E-state index in [1.165, 1.54) is 37.9 Å². The highest BCUT2D eigenvalue weighted by molar-refractivity contribution is 6.30. The minimum atomic E-state index is 0.798. The lowest BCUT2D eigenvalue weighted by atomic mass is 10.1. The number of hydrogen-bond acceptors (Lipinski definition) is 1. The van der Waals surface area contributed by atoms with Gasteiger partial charge in [0.1, 0.15) is 12.3 Å². The topological polar surface area (TPSA) is 13.7 Å². The standard InChI is InChI=1S/C13H18ClNO/c1-16-13-6-5-12(14)9-11(13)10-15-7-3-2-4-8-15/h5-6,9H,2-4,7-8,10H2,1H3/p+1. The Hall–Kier alpha value is -0.730. The minimum Gasteiger partial charge on any atom is -0.496 e. The first kappa shape index (κ1) is 11.7. The van der Waals surface area contributed by atoms with Crippen molar-refractivity contribution in [3.05, 3.63) is 28.8 Å². The SMILES string of the molecule is COc1ccc(Cl)cc1C[NH+]1CCCCC1. The molecule has 1 aliphatic heterocycles. The molecule has 1 heterocycles. The van der Waals surface area contributed by atoms with Crippen molar-refractivity contribution in [1.82, 2.24) is 0 Å². The molecule has 1 N–H and O–H groups in total. The van der Waals surface area contributed by atoms with Crippen LogP contribution in [-0.2, 0) is 6.54 Å². The van der Waals surface area contributed by atoms with E-state index >= 15 is 0 Å². The molecule has 1 aliphatic rings. The number of quaternary nitrogens is 1. The number of hydrogen-bond donors (Lipinski definition) is 1. The van der Waals surface area contributed by atoms with Crippen molar-refractivity contribution in [2.45, 2.75) is 25.8 Å². The molecule has 16 heavy (non-hydrogen) atoms. The fourth-order valence-corrected chi connectivity index (χ4v) is 2.58. The van der Waals surface area contributed by atoms with Gasteiger partial charge in [-0.15, -0.1) is 0 Å². The number of benzene rings is 1. The highest BCUT2D eigenvalue weighted by Gasteiger charge is 2.16. The first-order valence-corrected chi connectivity index (χ1v) is 6.33. The molecule has 1 aromatic carbocycles. The smallest absolute Gasteiger partial charge is 0.127 e. The summed E-state index contributed by atoms with van der Waals surface area (Å²) in [6, 6.07) is 5.87. The molecule has 1 fully saturated rings. The minimum absolute atomic E-state index is 0.798. The number of nitrogens with one attached hydrogen (secondary N) is 1. The van der Waals surface area contributed by atoms with Crippen molar-refractivity contribution in [3.8, 4) is 5.75 Å². The summed E-state index contributed by atoms with van der Waals surface area (Å²) >= 11 is 6.03. The van der Waals surface area contributed by atoms with E-state index in [-0.39, 0.29) is 0 Å². The number of likely N-dealkylation sites (tertiary alicyclic amines) is 1. The quantitative estimate of drug-likeness (QED) is 0.852. The van der Waals surface area contributed by atoms with E-state index in [0.717, 1.165) is 17.3 Å². The maximum atomic E-state index is 6.03. The zero-order chi connectivity index (χ0) is 11.4. The van der Waals surface area contributed by atoms with Crippen LogP contribution in [0.2, 0.25) is 5.02 Å². The first-order valence-electron chi connectivity index (χ1n) is 5.95. The van der Waals surface area contributed by atoms with Gasteiger partial charge in [-0.25, -0.2) is 0 Å². The monoisotopic (exact) mass is 240 g/mol. The lowest BCUT2D eigenvalue weighted by molar-refractivity contribution is -0.918. The molecule has 3 heteroatoms. The summed E-state index contributed by atoms with van der Waals surface area (Å²) in [5.41, 5.74) is 1.23. The normalized spacial score (nSPS) is 17.4. The molecule has 88 valence electrons. The van der Waals surface area contributed by atoms with Gasteiger partial charge in [-0.1, -0.05) is 11.6 Å². The molecule has 2 nitrogen and oxygen atoms in total. The van der Waals surface area contributed by atoms with Crippen LogP contribution < -0.4 is 9.64 Å². The second kappa shape index (κ2) is 5.55. The Balaban J connectivity index is 2.09. The number of methoxy groups -OCH3 is 1. The summed E-state index contributed by atoms with van der Waals surface area (Å²) in [6.07, 6.45) is 4.08. The molecule has 2 rings (SSSR count). The molecule has 0 aliphatic carbocycles. The van der Waals surface area contributed by atoms with E-state index < -0.39 is 0 Å². The van der Waals surface area contributed by atoms with Gasteiger partial charge in [-0.3, -0.25) is 0 Å². The molecule has 0 saturated carbocycles. The lowest BCUT2D eigenvalue weighted by Gasteiger charge is -2.24. The van der Waals surface area contributed by atoms with E-state index in [0.29, 0.717) is 0 Å². The molecule has 0 radical (unpaired) electrons. The van der Waals surface area contributed by atoms with Crippen LogP contribution >= 0.6 is 11.6 Å². The zero-order valence-electron chi connectivity index (χ0n) is 9.76. The van der Waals surface area contributed by atoms with Crippen LogP contribution in [0.25, 0.3) is 0 Å². The first-order chi connectivity index (χ1) is 7.79. The molecular weight excluding hydrogens is 222 g/mol. The summed E-state index contributed by atoms with van der Waals surface area (Å²) in [7, 11) is 1.72. The summed E-state index contributed by atoms with van der Waals surface area (Å²) in [4.78, 5) is 1.65. The molecule has 0 spiro atoms. The highest BCUT2D eigenvalue weighted by atomic mass is 35.5. The van der Waals surface area contributed by atoms with Gasteiger partial charge in [-0.2, -0.15) is 0 Å². The van der Waals surface area contributed by atoms with Gasteiger partial charge < -0.3 is 9.64 Å². The fourth-order valence-electron chi connectivity index (χ4n) is 2.38. The Morgan fingerprint density at radius 2 is 2.00 bits per heavy atom. The molecule has 0 amide bonds. The fraction of sp³-hybridized carbons (Fsp3) is 0.538. The Morgan fingerprint density at radius 3 is 2.69 bits per heavy atom. The van der Waals surface area contributed by atoms with E-state index in [4.69, 9.17) is 16.3 Å². The third kappa shape index (κ3) is 2.89. The molecular formula is C13H19ClNO+.